The minimum absolute atomic E-state index is 0. The first-order valence-corrected chi connectivity index (χ1v) is 26.8. The molecule has 18 nitrogen and oxygen atoms in total. The van der Waals surface area contributed by atoms with Gasteiger partial charge in [0.25, 0.3) is 26.1 Å². The van der Waals surface area contributed by atoms with E-state index in [9.17, 15) is 46.1 Å². The molecule has 392 valence electrons. The van der Waals surface area contributed by atoms with E-state index in [1.54, 1.807) is 118 Å². The second-order valence-electron chi connectivity index (χ2n) is 16.3. The van der Waals surface area contributed by atoms with Gasteiger partial charge in [-0.1, -0.05) is 116 Å². The minimum atomic E-state index is -4.63. The number of nitrogens with zero attached hydrogens (tertiary/aromatic N) is 5. The van der Waals surface area contributed by atoms with Gasteiger partial charge in [0, 0.05) is 10.8 Å². The number of benzene rings is 8. The van der Waals surface area contributed by atoms with Crippen LogP contribution in [-0.4, -0.2) is 93.8 Å². The summed E-state index contributed by atoms with van der Waals surface area (Å²) in [6, 6.07) is 35.9. The number of carbonyl (C=O) groups excluding carboxylic acids is 1. The first-order valence-electron chi connectivity index (χ1n) is 23.2. The van der Waals surface area contributed by atoms with Gasteiger partial charge in [0.05, 0.1) is 40.2 Å². The van der Waals surface area contributed by atoms with Crippen LogP contribution in [0.25, 0.3) is 21.5 Å². The third kappa shape index (κ3) is 14.1. The number of halogens is 2. The van der Waals surface area contributed by atoms with Crippen molar-refractivity contribution in [2.45, 2.75) is 50.3 Å². The van der Waals surface area contributed by atoms with Crippen LogP contribution in [-0.2, 0) is 33.1 Å². The number of hydrogen-bond acceptors (Lipinski definition) is 15. The van der Waals surface area contributed by atoms with Crippen LogP contribution in [0.5, 0.6) is 23.0 Å². The number of rotatable bonds is 16. The average molecular weight is 1150 g/mol. The SMILES string of the molecule is CCOc1ccccc1N=C([O-])c1cc2ccccc2c(N=Nc2cc(CC)cc(S(=O)(=O)O)c2Cl)c1[O-].CCOc1ccccc1NC(=O)c1cc2ccccc2c(N=Nc2cc(CC)cc(S(=O)(=O)O)c2Cl)c1O.[Ca+2]. The van der Waals surface area contributed by atoms with Gasteiger partial charge in [0.2, 0.25) is 0 Å². The summed E-state index contributed by atoms with van der Waals surface area (Å²) in [6.45, 7) is 7.98. The molecule has 0 heterocycles. The molecule has 0 radical (unpaired) electrons. The summed E-state index contributed by atoms with van der Waals surface area (Å²) in [7, 11) is -9.25. The number of para-hydroxylation sites is 4. The van der Waals surface area contributed by atoms with Gasteiger partial charge in [0.15, 0.2) is 5.75 Å². The van der Waals surface area contributed by atoms with Gasteiger partial charge < -0.3 is 30.1 Å². The molecule has 1 amide bonds. The molecular weight excluding hydrogens is 1100 g/mol. The Morgan fingerprint density at radius 1 is 0.597 bits per heavy atom. The summed E-state index contributed by atoms with van der Waals surface area (Å²) in [4.78, 5) is 16.3. The standard InChI is InChI=1S/2C27H24ClN3O6S.Ca/c2*1-3-16-13-21(24(28)23(14-16)38(34,35)36)30-31-25-18-10-6-5-9-17(18)15-19(26(25)32)27(33)29-20-11-7-8-12-22(20)37-4-2;/h2*5-15,32H,3-4H2,1-2H3,(H,29,33)(H,34,35,36);/q;;+2/p-2. The van der Waals surface area contributed by atoms with E-state index in [-0.39, 0.29) is 87.3 Å². The number of amides is 1. The average Bonchev–Trinajstić information content (AvgIpc) is 3.39. The third-order valence-corrected chi connectivity index (χ3v) is 14.1. The fraction of sp³-hybridized carbons (Fsp3) is 0.148. The maximum Gasteiger partial charge on any atom is 2.00 e. The number of fused-ring (bicyclic) bond motifs is 2. The fourth-order valence-corrected chi connectivity index (χ4v) is 9.75. The maximum absolute atomic E-state index is 13.4. The van der Waals surface area contributed by atoms with Crippen LogP contribution in [0.4, 0.5) is 34.1 Å². The monoisotopic (exact) mass is 1140 g/mol. The van der Waals surface area contributed by atoms with E-state index in [2.05, 4.69) is 30.8 Å². The molecule has 0 atom stereocenters. The number of nitrogens with one attached hydrogen (secondary N) is 1. The number of phenolic OH excluding ortho intramolecular Hbond substituents is 1. The maximum atomic E-state index is 13.4. The van der Waals surface area contributed by atoms with Crippen molar-refractivity contribution >= 4 is 149 Å². The molecule has 0 aliphatic rings. The Morgan fingerprint density at radius 3 is 1.58 bits per heavy atom. The molecule has 77 heavy (non-hydrogen) atoms. The van der Waals surface area contributed by atoms with Crippen LogP contribution in [0.15, 0.2) is 169 Å². The van der Waals surface area contributed by atoms with Crippen molar-refractivity contribution in [3.63, 3.8) is 0 Å². The molecule has 8 rings (SSSR count). The number of aliphatic imine (C=N–C) groups is 1. The summed E-state index contributed by atoms with van der Waals surface area (Å²) in [5.74, 6) is -1.66. The number of phenols is 1. The van der Waals surface area contributed by atoms with Crippen molar-refractivity contribution in [2.75, 3.05) is 18.5 Å². The zero-order valence-corrected chi connectivity index (χ0v) is 46.9. The van der Waals surface area contributed by atoms with E-state index < -0.39 is 53.3 Å². The van der Waals surface area contributed by atoms with E-state index in [1.807, 2.05) is 6.92 Å². The van der Waals surface area contributed by atoms with Crippen LogP contribution in [0.2, 0.25) is 10.0 Å². The number of azo groups is 2. The van der Waals surface area contributed by atoms with Crippen molar-refractivity contribution in [1.29, 1.82) is 0 Å². The van der Waals surface area contributed by atoms with Gasteiger partial charge in [0.1, 0.15) is 44.0 Å². The Hall–Kier alpha value is -6.72. The molecule has 8 aromatic rings. The number of aromatic hydroxyl groups is 1. The molecule has 0 saturated carbocycles. The first kappa shape index (κ1) is 59.5. The molecule has 0 saturated heterocycles. The minimum Gasteiger partial charge on any atom is -0.871 e. The normalized spacial score (nSPS) is 11.9. The van der Waals surface area contributed by atoms with Crippen LogP contribution < -0.4 is 25.0 Å². The molecule has 8 aromatic carbocycles. The molecule has 0 aromatic heterocycles. The predicted molar refractivity (Wildman–Crippen MR) is 294 cm³/mol. The third-order valence-electron chi connectivity index (χ3n) is 11.3. The largest absolute Gasteiger partial charge is 2.00 e. The van der Waals surface area contributed by atoms with Crippen LogP contribution in [0.3, 0.4) is 0 Å². The van der Waals surface area contributed by atoms with E-state index in [1.165, 1.54) is 36.4 Å². The van der Waals surface area contributed by atoms with Gasteiger partial charge in [-0.2, -0.15) is 21.9 Å². The number of anilines is 1. The first-order chi connectivity index (χ1) is 36.3. The summed E-state index contributed by atoms with van der Waals surface area (Å²) < 4.78 is 77.5. The summed E-state index contributed by atoms with van der Waals surface area (Å²) in [6.07, 6.45) is 0.863. The van der Waals surface area contributed by atoms with E-state index >= 15 is 0 Å². The topological polar surface area (TPSA) is 284 Å². The van der Waals surface area contributed by atoms with Crippen LogP contribution in [0, 0.1) is 0 Å². The van der Waals surface area contributed by atoms with Gasteiger partial charge in [-0.25, -0.2) is 0 Å². The zero-order valence-electron chi connectivity index (χ0n) is 41.6. The number of carbonyl (C=O) groups is 1. The van der Waals surface area contributed by atoms with Gasteiger partial charge in [-0.15, -0.1) is 15.3 Å². The van der Waals surface area contributed by atoms with Crippen molar-refractivity contribution in [3.05, 3.63) is 166 Å². The van der Waals surface area contributed by atoms with Gasteiger partial charge in [-0.3, -0.25) is 18.9 Å². The molecule has 0 bridgehead atoms. The van der Waals surface area contributed by atoms with Crippen LogP contribution in [0.1, 0.15) is 54.7 Å². The van der Waals surface area contributed by atoms with E-state index in [4.69, 9.17) is 32.7 Å². The molecule has 0 fully saturated rings. The fourth-order valence-electron chi connectivity index (χ4n) is 7.61. The Bertz CT molecular complexity index is 3860. The van der Waals surface area contributed by atoms with E-state index in [0.29, 0.717) is 75.9 Å². The molecule has 23 heteroatoms. The van der Waals surface area contributed by atoms with Crippen molar-refractivity contribution < 1.29 is 55.5 Å². The molecule has 0 unspecified atom stereocenters. The zero-order chi connectivity index (χ0) is 54.9. The van der Waals surface area contributed by atoms with E-state index in [0.717, 1.165) is 0 Å². The van der Waals surface area contributed by atoms with Crippen molar-refractivity contribution in [3.8, 4) is 23.0 Å². The summed E-state index contributed by atoms with van der Waals surface area (Å²) in [5, 5.41) is 58.3. The molecular formula is C54H46CaCl2N6O12S2. The Balaban J connectivity index is 0.000000246. The summed E-state index contributed by atoms with van der Waals surface area (Å²) >= 11 is 12.4. The van der Waals surface area contributed by atoms with Gasteiger partial charge in [-0.05, 0) is 121 Å². The second-order valence-corrected chi connectivity index (χ2v) is 19.8. The summed E-state index contributed by atoms with van der Waals surface area (Å²) in [5.41, 5.74) is 1.24. The van der Waals surface area contributed by atoms with Crippen LogP contribution >= 0.6 is 23.2 Å². The molecule has 0 spiro atoms. The van der Waals surface area contributed by atoms with Crippen molar-refractivity contribution in [2.24, 2.45) is 25.4 Å². The van der Waals surface area contributed by atoms with Crippen molar-refractivity contribution in [1.82, 2.24) is 0 Å². The molecule has 0 aliphatic carbocycles. The Kier molecular flexibility index (Phi) is 20.2. The molecule has 0 aliphatic heterocycles. The smallest absolute Gasteiger partial charge is 0.871 e. The Labute approximate surface area is 483 Å². The Morgan fingerprint density at radius 2 is 1.05 bits per heavy atom. The predicted octanol–water partition coefficient (Wildman–Crippen LogP) is 12.3. The quantitative estimate of drug-likeness (QED) is 0.0231. The number of aryl methyl sites for hydroxylation is 2. The number of ether oxygens (including phenoxy) is 2. The number of hydrogen-bond donors (Lipinski definition) is 4. The second kappa shape index (κ2) is 26.1. The van der Waals surface area contributed by atoms with Gasteiger partial charge >= 0.3 is 37.7 Å². The molecule has 4 N–H and O–H groups in total.